The third kappa shape index (κ3) is 1.72. The van der Waals surface area contributed by atoms with E-state index < -0.39 is 0 Å². The molecule has 0 bridgehead atoms. The first kappa shape index (κ1) is 10.5. The highest BCUT2D eigenvalue weighted by Gasteiger charge is 2.11. The number of nitriles is 1. The van der Waals surface area contributed by atoms with Crippen LogP contribution in [0.3, 0.4) is 0 Å². The van der Waals surface area contributed by atoms with E-state index in [4.69, 9.17) is 11.0 Å². The van der Waals surface area contributed by atoms with Crippen molar-refractivity contribution in [2.24, 2.45) is 5.92 Å². The standard InChI is InChI=1S/C12H14N4/c1-8(2)5-12-15-10(6-13)11-4-3-9(14)7-16(11)12/h3-4,7-8H,5,14H2,1-2H3. The minimum atomic E-state index is 0.468. The van der Waals surface area contributed by atoms with Gasteiger partial charge in [-0.15, -0.1) is 0 Å². The fourth-order valence-electron chi connectivity index (χ4n) is 1.76. The van der Waals surface area contributed by atoms with Gasteiger partial charge in [-0.1, -0.05) is 13.8 Å². The van der Waals surface area contributed by atoms with Crippen LogP contribution < -0.4 is 5.73 Å². The number of nitrogens with two attached hydrogens (primary N) is 1. The van der Waals surface area contributed by atoms with Crippen molar-refractivity contribution in [1.29, 1.82) is 5.26 Å². The van der Waals surface area contributed by atoms with Crippen molar-refractivity contribution in [2.45, 2.75) is 20.3 Å². The number of rotatable bonds is 2. The van der Waals surface area contributed by atoms with Crippen molar-refractivity contribution in [1.82, 2.24) is 9.38 Å². The van der Waals surface area contributed by atoms with Crippen LogP contribution in [0.25, 0.3) is 5.52 Å². The predicted octanol–water partition coefficient (Wildman–Crippen LogP) is 1.99. The molecule has 0 unspecified atom stereocenters. The Balaban J connectivity index is 2.65. The lowest BCUT2D eigenvalue weighted by Gasteiger charge is -2.04. The van der Waals surface area contributed by atoms with Crippen molar-refractivity contribution >= 4 is 11.2 Å². The van der Waals surface area contributed by atoms with E-state index in [0.29, 0.717) is 17.3 Å². The van der Waals surface area contributed by atoms with Crippen LogP contribution in [0.2, 0.25) is 0 Å². The van der Waals surface area contributed by atoms with Gasteiger partial charge in [-0.05, 0) is 18.1 Å². The molecule has 2 heterocycles. The van der Waals surface area contributed by atoms with E-state index in [-0.39, 0.29) is 0 Å². The molecule has 0 aliphatic heterocycles. The largest absolute Gasteiger partial charge is 0.398 e. The van der Waals surface area contributed by atoms with E-state index in [1.54, 1.807) is 6.07 Å². The van der Waals surface area contributed by atoms with Gasteiger partial charge in [0.2, 0.25) is 0 Å². The molecule has 0 fully saturated rings. The summed E-state index contributed by atoms with van der Waals surface area (Å²) in [7, 11) is 0. The Morgan fingerprint density at radius 2 is 2.25 bits per heavy atom. The lowest BCUT2D eigenvalue weighted by atomic mass is 10.1. The van der Waals surface area contributed by atoms with E-state index in [1.165, 1.54) is 0 Å². The summed E-state index contributed by atoms with van der Waals surface area (Å²) >= 11 is 0. The summed E-state index contributed by atoms with van der Waals surface area (Å²) in [5.74, 6) is 1.40. The zero-order valence-corrected chi connectivity index (χ0v) is 9.44. The van der Waals surface area contributed by atoms with E-state index >= 15 is 0 Å². The molecule has 2 aromatic rings. The molecule has 0 aliphatic rings. The van der Waals surface area contributed by atoms with Gasteiger partial charge >= 0.3 is 0 Å². The summed E-state index contributed by atoms with van der Waals surface area (Å²) in [5, 5.41) is 9.00. The monoisotopic (exact) mass is 214 g/mol. The minimum Gasteiger partial charge on any atom is -0.398 e. The highest BCUT2D eigenvalue weighted by molar-refractivity contribution is 5.61. The summed E-state index contributed by atoms with van der Waals surface area (Å²) in [6.45, 7) is 4.25. The molecule has 0 saturated heterocycles. The van der Waals surface area contributed by atoms with Gasteiger partial charge in [-0.25, -0.2) is 4.98 Å². The molecule has 2 aromatic heterocycles. The highest BCUT2D eigenvalue weighted by Crippen LogP contribution is 2.17. The van der Waals surface area contributed by atoms with Crippen LogP contribution in [0.15, 0.2) is 18.3 Å². The molecule has 4 heteroatoms. The van der Waals surface area contributed by atoms with Crippen molar-refractivity contribution in [3.05, 3.63) is 29.8 Å². The smallest absolute Gasteiger partial charge is 0.166 e. The normalized spacial score (nSPS) is 10.9. The molecule has 0 aromatic carbocycles. The quantitative estimate of drug-likeness (QED) is 0.831. The van der Waals surface area contributed by atoms with E-state index in [0.717, 1.165) is 17.8 Å². The summed E-state index contributed by atoms with van der Waals surface area (Å²) in [4.78, 5) is 4.34. The molecular weight excluding hydrogens is 200 g/mol. The SMILES string of the molecule is CC(C)Cc1nc(C#N)c2ccc(N)cn12. The third-order valence-electron chi connectivity index (χ3n) is 2.43. The van der Waals surface area contributed by atoms with Crippen LogP contribution in [-0.4, -0.2) is 9.38 Å². The average Bonchev–Trinajstić information content (AvgIpc) is 2.55. The molecule has 0 aliphatic carbocycles. The fraction of sp³-hybridized carbons (Fsp3) is 0.333. The van der Waals surface area contributed by atoms with Crippen LogP contribution in [0.4, 0.5) is 5.69 Å². The van der Waals surface area contributed by atoms with Gasteiger partial charge in [-0.3, -0.25) is 0 Å². The van der Waals surface area contributed by atoms with E-state index in [1.807, 2.05) is 16.7 Å². The lowest BCUT2D eigenvalue weighted by Crippen LogP contribution is -2.01. The van der Waals surface area contributed by atoms with Gasteiger partial charge in [-0.2, -0.15) is 5.26 Å². The van der Waals surface area contributed by atoms with Crippen LogP contribution in [-0.2, 0) is 6.42 Å². The molecule has 16 heavy (non-hydrogen) atoms. The van der Waals surface area contributed by atoms with Crippen LogP contribution in [0.5, 0.6) is 0 Å². The molecule has 0 amide bonds. The maximum atomic E-state index is 9.00. The van der Waals surface area contributed by atoms with Crippen molar-refractivity contribution in [3.63, 3.8) is 0 Å². The highest BCUT2D eigenvalue weighted by atomic mass is 15.0. The molecule has 2 rings (SSSR count). The van der Waals surface area contributed by atoms with Crippen molar-refractivity contribution < 1.29 is 0 Å². The van der Waals surface area contributed by atoms with Gasteiger partial charge in [0.1, 0.15) is 11.9 Å². The zero-order chi connectivity index (χ0) is 11.7. The number of aromatic nitrogens is 2. The van der Waals surface area contributed by atoms with Gasteiger partial charge in [0, 0.05) is 18.3 Å². The molecule has 0 spiro atoms. The number of pyridine rings is 1. The first-order valence-corrected chi connectivity index (χ1v) is 5.28. The molecule has 0 saturated carbocycles. The molecule has 4 nitrogen and oxygen atoms in total. The number of anilines is 1. The number of fused-ring (bicyclic) bond motifs is 1. The van der Waals surface area contributed by atoms with Crippen LogP contribution >= 0.6 is 0 Å². The maximum Gasteiger partial charge on any atom is 0.166 e. The van der Waals surface area contributed by atoms with Crippen LogP contribution in [0.1, 0.15) is 25.4 Å². The number of nitrogens with zero attached hydrogens (tertiary/aromatic N) is 3. The molecule has 0 atom stereocenters. The average molecular weight is 214 g/mol. The van der Waals surface area contributed by atoms with Gasteiger partial charge in [0.15, 0.2) is 5.69 Å². The van der Waals surface area contributed by atoms with Crippen molar-refractivity contribution in [3.8, 4) is 6.07 Å². The maximum absolute atomic E-state index is 9.00. The number of hydrogen-bond donors (Lipinski definition) is 1. The fourth-order valence-corrected chi connectivity index (χ4v) is 1.76. The van der Waals surface area contributed by atoms with E-state index in [2.05, 4.69) is 24.9 Å². The van der Waals surface area contributed by atoms with Crippen molar-refractivity contribution in [2.75, 3.05) is 5.73 Å². The zero-order valence-electron chi connectivity index (χ0n) is 9.44. The Morgan fingerprint density at radius 3 is 2.88 bits per heavy atom. The third-order valence-corrected chi connectivity index (χ3v) is 2.43. The summed E-state index contributed by atoms with van der Waals surface area (Å²) in [6.07, 6.45) is 2.66. The Kier molecular flexibility index (Phi) is 2.53. The second-order valence-corrected chi connectivity index (χ2v) is 4.30. The second-order valence-electron chi connectivity index (χ2n) is 4.30. The summed E-state index contributed by atoms with van der Waals surface area (Å²) < 4.78 is 1.91. The van der Waals surface area contributed by atoms with Crippen LogP contribution in [0, 0.1) is 17.2 Å². The molecular formula is C12H14N4. The molecule has 0 radical (unpaired) electrons. The number of nitrogen functional groups attached to an aromatic ring is 1. The Morgan fingerprint density at radius 1 is 1.50 bits per heavy atom. The Bertz CT molecular complexity index is 560. The molecule has 82 valence electrons. The van der Waals surface area contributed by atoms with Gasteiger partial charge in [0.25, 0.3) is 0 Å². The Hall–Kier alpha value is -2.02. The van der Waals surface area contributed by atoms with Gasteiger partial charge < -0.3 is 10.1 Å². The number of imidazole rings is 1. The summed E-state index contributed by atoms with van der Waals surface area (Å²) in [5.41, 5.74) is 7.72. The van der Waals surface area contributed by atoms with Gasteiger partial charge in [0.05, 0.1) is 5.52 Å². The second kappa shape index (κ2) is 3.86. The topological polar surface area (TPSA) is 67.1 Å². The summed E-state index contributed by atoms with van der Waals surface area (Å²) in [6, 6.07) is 5.74. The Labute approximate surface area is 94.3 Å². The first-order chi connectivity index (χ1) is 7.61. The minimum absolute atomic E-state index is 0.468. The first-order valence-electron chi connectivity index (χ1n) is 5.28. The lowest BCUT2D eigenvalue weighted by molar-refractivity contribution is 0.619. The molecule has 2 N–H and O–H groups in total. The predicted molar refractivity (Wildman–Crippen MR) is 62.9 cm³/mol. The number of hydrogen-bond acceptors (Lipinski definition) is 3. The van der Waals surface area contributed by atoms with E-state index in [9.17, 15) is 0 Å².